The summed E-state index contributed by atoms with van der Waals surface area (Å²) in [5.74, 6) is -1.64. The van der Waals surface area contributed by atoms with Crippen molar-refractivity contribution < 1.29 is 14.7 Å². The number of nitrogens with two attached hydrogens (primary N) is 2. The van der Waals surface area contributed by atoms with E-state index in [2.05, 4.69) is 0 Å². The number of aliphatic carboxylic acids is 1. The van der Waals surface area contributed by atoms with Crippen molar-refractivity contribution in [2.75, 3.05) is 0 Å². The molecule has 0 aromatic carbocycles. The normalized spacial score (nSPS) is 11.4. The fourth-order valence-corrected chi connectivity index (χ4v) is 0.421. The first-order valence-electron chi connectivity index (χ1n) is 2.80. The van der Waals surface area contributed by atoms with Crippen molar-refractivity contribution in [2.45, 2.75) is 18.9 Å². The van der Waals surface area contributed by atoms with Gasteiger partial charge in [-0.25, -0.2) is 0 Å². The van der Waals surface area contributed by atoms with E-state index in [1.807, 2.05) is 0 Å². The van der Waals surface area contributed by atoms with Crippen molar-refractivity contribution in [1.82, 2.24) is 0 Å². The molecule has 5 N–H and O–H groups in total. The van der Waals surface area contributed by atoms with Gasteiger partial charge in [0.05, 0.1) is 0 Å². The molecule has 0 saturated carbocycles. The summed E-state index contributed by atoms with van der Waals surface area (Å²) in [6, 6.07) is -0.979. The Hall–Kier alpha value is -0.178. The van der Waals surface area contributed by atoms with E-state index in [1.54, 1.807) is 0 Å². The number of carboxylic acid groups (broad SMARTS) is 1. The van der Waals surface area contributed by atoms with Gasteiger partial charge < -0.3 is 16.6 Å². The van der Waals surface area contributed by atoms with E-state index in [-0.39, 0.29) is 40.1 Å². The van der Waals surface area contributed by atoms with Crippen molar-refractivity contribution >= 4 is 39.2 Å². The minimum atomic E-state index is -1.11. The summed E-state index contributed by atoms with van der Waals surface area (Å²) in [5, 5.41) is 8.22. The van der Waals surface area contributed by atoms with E-state index in [0.717, 1.165) is 0 Å². The molecule has 5 nitrogen and oxygen atoms in total. The second-order valence-corrected chi connectivity index (χ2v) is 1.95. The molecule has 0 saturated heterocycles. The van der Waals surface area contributed by atoms with Crippen LogP contribution in [0.2, 0.25) is 0 Å². The number of hydrogen-bond acceptors (Lipinski definition) is 3. The van der Waals surface area contributed by atoms with Crippen LogP contribution in [0.15, 0.2) is 0 Å². The van der Waals surface area contributed by atoms with E-state index >= 15 is 0 Å². The van der Waals surface area contributed by atoms with Crippen molar-refractivity contribution in [3.8, 4) is 0 Å². The quantitative estimate of drug-likeness (QED) is 0.495. The van der Waals surface area contributed by atoms with Crippen molar-refractivity contribution in [3.05, 3.63) is 0 Å². The van der Waals surface area contributed by atoms with Crippen molar-refractivity contribution in [2.24, 2.45) is 11.5 Å². The number of hydrogen-bond donors (Lipinski definition) is 3. The Morgan fingerprint density at radius 2 is 1.91 bits per heavy atom. The maximum absolute atomic E-state index is 10.1. The number of carbonyl (C=O) groups is 2. The minimum absolute atomic E-state index is 0. The van der Waals surface area contributed by atoms with Crippen LogP contribution >= 0.6 is 0 Å². The molecule has 0 rings (SSSR count). The molecule has 0 fully saturated rings. The van der Waals surface area contributed by atoms with Crippen LogP contribution in [0.25, 0.3) is 0 Å². The average molecular weight is 355 g/mol. The number of carbonyl (C=O) groups excluding carboxylic acids is 1. The molecule has 2 radical (unpaired) electrons. The Morgan fingerprint density at radius 1 is 1.45 bits per heavy atom. The SMILES string of the molecule is NC(=O)CCC(N)C(=O)O.[PbH2]. The Balaban J connectivity index is 0. The molecular formula is C5H12N2O3Pb. The van der Waals surface area contributed by atoms with Crippen LogP contribution in [0.1, 0.15) is 12.8 Å². The van der Waals surface area contributed by atoms with Crippen LogP contribution in [0.3, 0.4) is 0 Å². The first-order valence-corrected chi connectivity index (χ1v) is 2.80. The molecule has 0 spiro atoms. The van der Waals surface area contributed by atoms with E-state index in [0.29, 0.717) is 0 Å². The van der Waals surface area contributed by atoms with Crippen molar-refractivity contribution in [3.63, 3.8) is 0 Å². The summed E-state index contributed by atoms with van der Waals surface area (Å²) in [7, 11) is 0. The van der Waals surface area contributed by atoms with Gasteiger partial charge in [0.25, 0.3) is 0 Å². The third-order valence-electron chi connectivity index (χ3n) is 1.02. The van der Waals surface area contributed by atoms with Crippen LogP contribution in [-0.2, 0) is 9.59 Å². The van der Waals surface area contributed by atoms with E-state index in [1.165, 1.54) is 0 Å². The van der Waals surface area contributed by atoms with Gasteiger partial charge in [0.1, 0.15) is 6.04 Å². The van der Waals surface area contributed by atoms with Crippen LogP contribution in [-0.4, -0.2) is 50.3 Å². The molecule has 0 aromatic heterocycles. The number of primary amides is 1. The van der Waals surface area contributed by atoms with Gasteiger partial charge in [-0.1, -0.05) is 0 Å². The molecule has 6 heteroatoms. The molecule has 1 amide bonds. The number of carboxylic acids is 1. The second-order valence-electron chi connectivity index (χ2n) is 1.95. The standard InChI is InChI=1S/C5H10N2O3.Pb.2H/c6-3(5(9)10)1-2-4(7)8;;;/h3H,1-2,6H2,(H2,7,8)(H,9,10);;;. The van der Waals surface area contributed by atoms with Gasteiger partial charge in [0.2, 0.25) is 5.91 Å². The van der Waals surface area contributed by atoms with Gasteiger partial charge in [-0.3, -0.25) is 9.59 Å². The molecule has 0 aromatic rings. The van der Waals surface area contributed by atoms with Gasteiger partial charge in [-0.15, -0.1) is 0 Å². The van der Waals surface area contributed by atoms with Gasteiger partial charge in [0.15, 0.2) is 0 Å². The Bertz CT molecular complexity index is 151. The van der Waals surface area contributed by atoms with Gasteiger partial charge >= 0.3 is 33.3 Å². The number of rotatable bonds is 4. The fourth-order valence-electron chi connectivity index (χ4n) is 0.421. The van der Waals surface area contributed by atoms with Crippen LogP contribution in [0, 0.1) is 0 Å². The van der Waals surface area contributed by atoms with Gasteiger partial charge in [-0.05, 0) is 6.42 Å². The molecule has 0 bridgehead atoms. The summed E-state index contributed by atoms with van der Waals surface area (Å²) in [4.78, 5) is 20.1. The monoisotopic (exact) mass is 356 g/mol. The predicted octanol–water partition coefficient (Wildman–Crippen LogP) is -2.25. The molecule has 0 aliphatic heterocycles. The summed E-state index contributed by atoms with van der Waals surface area (Å²) in [6.45, 7) is 0. The summed E-state index contributed by atoms with van der Waals surface area (Å²) in [6.07, 6.45) is 0.123. The van der Waals surface area contributed by atoms with Crippen LogP contribution in [0.5, 0.6) is 0 Å². The predicted molar refractivity (Wildman–Crippen MR) is 42.6 cm³/mol. The first kappa shape index (κ1) is 13.4. The molecule has 0 heterocycles. The number of amides is 1. The zero-order valence-corrected chi connectivity index (χ0v) is 11.6. The van der Waals surface area contributed by atoms with Gasteiger partial charge in [0, 0.05) is 6.42 Å². The van der Waals surface area contributed by atoms with E-state index in [9.17, 15) is 9.59 Å². The van der Waals surface area contributed by atoms with Crippen LogP contribution < -0.4 is 11.5 Å². The molecule has 1 atom stereocenters. The molecule has 0 aliphatic rings. The van der Waals surface area contributed by atoms with Crippen molar-refractivity contribution in [1.29, 1.82) is 0 Å². The van der Waals surface area contributed by atoms with E-state index < -0.39 is 17.9 Å². The molecular weight excluding hydrogens is 343 g/mol. The zero-order valence-electron chi connectivity index (χ0n) is 6.12. The zero-order chi connectivity index (χ0) is 8.15. The van der Waals surface area contributed by atoms with Crippen LogP contribution in [0.4, 0.5) is 0 Å². The third-order valence-corrected chi connectivity index (χ3v) is 1.02. The fraction of sp³-hybridized carbons (Fsp3) is 0.600. The third kappa shape index (κ3) is 7.72. The molecule has 64 valence electrons. The van der Waals surface area contributed by atoms with E-state index in [4.69, 9.17) is 16.6 Å². The average Bonchev–Trinajstić information content (AvgIpc) is 1.82. The second kappa shape index (κ2) is 6.53. The Labute approximate surface area is 84.3 Å². The molecule has 11 heavy (non-hydrogen) atoms. The molecule has 0 aliphatic carbocycles. The summed E-state index contributed by atoms with van der Waals surface area (Å²) in [5.41, 5.74) is 9.81. The van der Waals surface area contributed by atoms with Gasteiger partial charge in [-0.2, -0.15) is 0 Å². The summed E-state index contributed by atoms with van der Waals surface area (Å²) >= 11 is 0. The summed E-state index contributed by atoms with van der Waals surface area (Å²) < 4.78 is 0. The topological polar surface area (TPSA) is 106 Å². The maximum atomic E-state index is 10.1. The Kier molecular flexibility index (Phi) is 7.96. The molecule has 1 unspecified atom stereocenters. The Morgan fingerprint density at radius 3 is 2.18 bits per heavy atom. The first-order chi connectivity index (χ1) is 4.54.